The van der Waals surface area contributed by atoms with E-state index in [-0.39, 0.29) is 10.6 Å². The van der Waals surface area contributed by atoms with Crippen molar-refractivity contribution in [2.45, 2.75) is 37.5 Å². The van der Waals surface area contributed by atoms with Gasteiger partial charge in [0.1, 0.15) is 0 Å². The first-order valence-corrected chi connectivity index (χ1v) is 7.44. The minimum atomic E-state index is 0.130. The summed E-state index contributed by atoms with van der Waals surface area (Å²) in [6.07, 6.45) is 3.61. The number of thioether (sulfide) groups is 1. The van der Waals surface area contributed by atoms with Crippen molar-refractivity contribution in [3.63, 3.8) is 0 Å². The summed E-state index contributed by atoms with van der Waals surface area (Å²) in [7, 11) is 0. The highest BCUT2D eigenvalue weighted by Gasteiger charge is 2.27. The fraction of sp³-hybridized carbons (Fsp3) is 0.700. The van der Waals surface area contributed by atoms with Gasteiger partial charge in [-0.15, -0.1) is 0 Å². The molecule has 2 atom stereocenters. The maximum absolute atomic E-state index is 5.74. The molecule has 1 aliphatic rings. The van der Waals surface area contributed by atoms with Crippen LogP contribution in [0, 0.1) is 0 Å². The molecule has 1 N–H and O–H groups in total. The smallest absolute Gasteiger partial charge is 0.228 e. The van der Waals surface area contributed by atoms with Crippen LogP contribution in [0.4, 0.5) is 5.95 Å². The second kappa shape index (κ2) is 6.07. The van der Waals surface area contributed by atoms with E-state index in [1.165, 1.54) is 12.8 Å². The Hall–Kier alpha value is -0.260. The van der Waals surface area contributed by atoms with Crippen LogP contribution >= 0.6 is 35.0 Å². The number of nitrogens with one attached hydrogen (secondary N) is 1. The summed E-state index contributed by atoms with van der Waals surface area (Å²) in [5.41, 5.74) is 0. The van der Waals surface area contributed by atoms with Gasteiger partial charge < -0.3 is 5.32 Å². The van der Waals surface area contributed by atoms with Crippen molar-refractivity contribution in [2.24, 2.45) is 0 Å². The largest absolute Gasteiger partial charge is 0.350 e. The van der Waals surface area contributed by atoms with E-state index >= 15 is 0 Å². The molecule has 2 unspecified atom stereocenters. The van der Waals surface area contributed by atoms with Gasteiger partial charge in [-0.1, -0.05) is 13.3 Å². The van der Waals surface area contributed by atoms with Crippen LogP contribution in [-0.2, 0) is 0 Å². The van der Waals surface area contributed by atoms with Gasteiger partial charge in [0.05, 0.1) is 0 Å². The van der Waals surface area contributed by atoms with E-state index in [1.807, 2.05) is 11.8 Å². The lowest BCUT2D eigenvalue weighted by Crippen LogP contribution is -2.27. The van der Waals surface area contributed by atoms with Crippen LogP contribution in [0.5, 0.6) is 0 Å². The molecule has 7 heteroatoms. The summed E-state index contributed by atoms with van der Waals surface area (Å²) in [4.78, 5) is 11.8. The molecule has 4 nitrogen and oxygen atoms in total. The second-order valence-electron chi connectivity index (χ2n) is 3.87. The molecular formula is C10H14Cl2N4S. The molecule has 0 radical (unpaired) electrons. The molecule has 1 fully saturated rings. The van der Waals surface area contributed by atoms with Crippen molar-refractivity contribution in [1.82, 2.24) is 15.0 Å². The minimum absolute atomic E-state index is 0.130. The normalized spacial score (nSPS) is 23.9. The summed E-state index contributed by atoms with van der Waals surface area (Å²) in [5.74, 6) is 1.60. The Morgan fingerprint density at radius 1 is 1.24 bits per heavy atom. The van der Waals surface area contributed by atoms with Crippen molar-refractivity contribution < 1.29 is 0 Å². The highest BCUT2D eigenvalue weighted by molar-refractivity contribution is 7.99. The number of aromatic nitrogens is 3. The van der Waals surface area contributed by atoms with Gasteiger partial charge in [0.2, 0.25) is 16.5 Å². The summed E-state index contributed by atoms with van der Waals surface area (Å²) in [6, 6.07) is 0.398. The number of anilines is 1. The zero-order valence-electron chi connectivity index (χ0n) is 9.49. The van der Waals surface area contributed by atoms with Crippen LogP contribution in [0.1, 0.15) is 26.2 Å². The molecule has 0 bridgehead atoms. The van der Waals surface area contributed by atoms with Gasteiger partial charge in [0.15, 0.2) is 0 Å². The van der Waals surface area contributed by atoms with E-state index in [4.69, 9.17) is 23.2 Å². The molecule has 1 aliphatic carbocycles. The van der Waals surface area contributed by atoms with Crippen molar-refractivity contribution >= 4 is 40.9 Å². The molecule has 0 spiro atoms. The fourth-order valence-corrected chi connectivity index (χ4v) is 3.62. The lowest BCUT2D eigenvalue weighted by atomic mass is 10.2. The van der Waals surface area contributed by atoms with Gasteiger partial charge in [0, 0.05) is 11.3 Å². The van der Waals surface area contributed by atoms with Gasteiger partial charge in [-0.2, -0.15) is 26.7 Å². The Balaban J connectivity index is 2.04. The quantitative estimate of drug-likeness (QED) is 0.923. The van der Waals surface area contributed by atoms with Crippen LogP contribution in [0.25, 0.3) is 0 Å². The summed E-state index contributed by atoms with van der Waals surface area (Å²) >= 11 is 13.5. The van der Waals surface area contributed by atoms with E-state index in [0.29, 0.717) is 17.2 Å². The fourth-order valence-electron chi connectivity index (χ4n) is 2.06. The van der Waals surface area contributed by atoms with Gasteiger partial charge in [0.25, 0.3) is 0 Å². The Labute approximate surface area is 115 Å². The third kappa shape index (κ3) is 3.60. The van der Waals surface area contributed by atoms with Gasteiger partial charge >= 0.3 is 0 Å². The Morgan fingerprint density at radius 3 is 2.59 bits per heavy atom. The first kappa shape index (κ1) is 13.2. The van der Waals surface area contributed by atoms with Crippen LogP contribution in [0.2, 0.25) is 10.6 Å². The number of hydrogen-bond acceptors (Lipinski definition) is 5. The van der Waals surface area contributed by atoms with Crippen LogP contribution in [0.3, 0.4) is 0 Å². The van der Waals surface area contributed by atoms with Crippen molar-refractivity contribution in [1.29, 1.82) is 0 Å². The Kier molecular flexibility index (Phi) is 4.70. The van der Waals surface area contributed by atoms with Gasteiger partial charge in [-0.05, 0) is 41.8 Å². The van der Waals surface area contributed by atoms with Gasteiger partial charge in [-0.3, -0.25) is 0 Å². The van der Waals surface area contributed by atoms with E-state index in [1.54, 1.807) is 0 Å². The molecule has 0 saturated heterocycles. The predicted octanol–water partition coefficient (Wildman–Crippen LogP) is 3.26. The number of hydrogen-bond donors (Lipinski definition) is 1. The van der Waals surface area contributed by atoms with E-state index in [2.05, 4.69) is 27.2 Å². The molecule has 2 rings (SSSR count). The molecule has 0 amide bonds. The average molecular weight is 293 g/mol. The van der Waals surface area contributed by atoms with Crippen molar-refractivity contribution in [3.05, 3.63) is 10.6 Å². The first-order valence-electron chi connectivity index (χ1n) is 5.64. The Bertz CT molecular complexity index is 370. The van der Waals surface area contributed by atoms with Crippen molar-refractivity contribution in [2.75, 3.05) is 11.1 Å². The zero-order valence-corrected chi connectivity index (χ0v) is 11.8. The average Bonchev–Trinajstić information content (AvgIpc) is 2.65. The van der Waals surface area contributed by atoms with Gasteiger partial charge in [-0.25, -0.2) is 0 Å². The van der Waals surface area contributed by atoms with Crippen LogP contribution in [-0.4, -0.2) is 32.0 Å². The monoisotopic (exact) mass is 292 g/mol. The molecule has 17 heavy (non-hydrogen) atoms. The highest BCUT2D eigenvalue weighted by atomic mass is 35.5. The van der Waals surface area contributed by atoms with E-state index in [0.717, 1.165) is 12.2 Å². The molecular weight excluding hydrogens is 279 g/mol. The van der Waals surface area contributed by atoms with Crippen LogP contribution in [0.15, 0.2) is 0 Å². The van der Waals surface area contributed by atoms with E-state index < -0.39 is 0 Å². The minimum Gasteiger partial charge on any atom is -0.350 e. The highest BCUT2D eigenvalue weighted by Crippen LogP contribution is 2.31. The molecule has 1 heterocycles. The number of halogens is 2. The molecule has 94 valence electrons. The second-order valence-corrected chi connectivity index (χ2v) is 6.06. The van der Waals surface area contributed by atoms with Crippen molar-refractivity contribution in [3.8, 4) is 0 Å². The first-order chi connectivity index (χ1) is 8.19. The SMILES string of the molecule is CCSC1CCCC1Nc1nc(Cl)nc(Cl)n1. The Morgan fingerprint density at radius 2 is 1.94 bits per heavy atom. The lowest BCUT2D eigenvalue weighted by molar-refractivity contribution is 0.753. The summed E-state index contributed by atoms with van der Waals surface area (Å²) in [5, 5.41) is 4.18. The third-order valence-electron chi connectivity index (χ3n) is 2.73. The third-order valence-corrected chi connectivity index (χ3v) is 4.39. The molecule has 1 aromatic heterocycles. The summed E-state index contributed by atoms with van der Waals surface area (Å²) in [6.45, 7) is 2.18. The topological polar surface area (TPSA) is 50.7 Å². The molecule has 1 saturated carbocycles. The number of rotatable bonds is 4. The maximum Gasteiger partial charge on any atom is 0.228 e. The predicted molar refractivity (Wildman–Crippen MR) is 73.0 cm³/mol. The molecule has 0 aliphatic heterocycles. The standard InChI is InChI=1S/C10H14Cl2N4S/c1-2-17-7-5-3-4-6(7)13-10-15-8(11)14-9(12)16-10/h6-7H,2-5H2,1H3,(H,13,14,15,16). The number of nitrogens with zero attached hydrogens (tertiary/aromatic N) is 3. The lowest BCUT2D eigenvalue weighted by Gasteiger charge is -2.19. The molecule has 1 aromatic rings. The van der Waals surface area contributed by atoms with E-state index in [9.17, 15) is 0 Å². The summed E-state index contributed by atoms with van der Waals surface area (Å²) < 4.78 is 0. The maximum atomic E-state index is 5.74. The van der Waals surface area contributed by atoms with Crippen LogP contribution < -0.4 is 5.32 Å². The molecule has 0 aromatic carbocycles. The zero-order chi connectivity index (χ0) is 12.3.